The fourth-order valence-corrected chi connectivity index (χ4v) is 3.43. The molecule has 1 saturated carbocycles. The van der Waals surface area contributed by atoms with Crippen molar-refractivity contribution in [3.8, 4) is 0 Å². The van der Waals surface area contributed by atoms with Crippen molar-refractivity contribution in [3.63, 3.8) is 0 Å². The van der Waals surface area contributed by atoms with E-state index in [2.05, 4.69) is 4.99 Å². The number of rotatable bonds is 2. The smallest absolute Gasteiger partial charge is 0.236 e. The molecule has 2 aliphatic rings. The normalized spacial score (nSPS) is 19.9. The fraction of sp³-hybridized carbons (Fsp3) is 0.263. The Balaban J connectivity index is 1.81. The fourth-order valence-electron chi connectivity index (χ4n) is 3.43. The molecule has 1 unspecified atom stereocenters. The SMILES string of the molecule is O=C1C2CCCC2=Nc2ccc(F)cc2N1Cc1ccccc1. The molecule has 1 aliphatic heterocycles. The number of hydrogen-bond donors (Lipinski definition) is 0. The predicted octanol–water partition coefficient (Wildman–Crippen LogP) is 4.25. The van der Waals surface area contributed by atoms with E-state index in [0.717, 1.165) is 30.5 Å². The van der Waals surface area contributed by atoms with Crippen molar-refractivity contribution in [1.29, 1.82) is 0 Å². The molecular formula is C19H17FN2O. The molecule has 1 heterocycles. The van der Waals surface area contributed by atoms with Crippen molar-refractivity contribution >= 4 is 23.0 Å². The Hall–Kier alpha value is -2.49. The van der Waals surface area contributed by atoms with E-state index in [0.29, 0.717) is 17.9 Å². The number of halogens is 1. The van der Waals surface area contributed by atoms with Crippen LogP contribution in [0, 0.1) is 11.7 Å². The summed E-state index contributed by atoms with van der Waals surface area (Å²) in [5.74, 6) is -0.467. The molecule has 116 valence electrons. The van der Waals surface area contributed by atoms with Crippen LogP contribution in [0.4, 0.5) is 15.8 Å². The minimum absolute atomic E-state index is 0.0365. The van der Waals surface area contributed by atoms with Gasteiger partial charge in [0.1, 0.15) is 5.82 Å². The van der Waals surface area contributed by atoms with E-state index in [-0.39, 0.29) is 17.6 Å². The van der Waals surface area contributed by atoms with Crippen molar-refractivity contribution in [1.82, 2.24) is 0 Å². The molecule has 1 amide bonds. The van der Waals surface area contributed by atoms with Crippen LogP contribution in [0.2, 0.25) is 0 Å². The van der Waals surface area contributed by atoms with E-state index in [1.54, 1.807) is 11.0 Å². The first-order valence-corrected chi connectivity index (χ1v) is 7.95. The van der Waals surface area contributed by atoms with E-state index in [9.17, 15) is 9.18 Å². The van der Waals surface area contributed by atoms with Crippen LogP contribution in [-0.2, 0) is 11.3 Å². The van der Waals surface area contributed by atoms with Crippen molar-refractivity contribution in [2.24, 2.45) is 10.9 Å². The highest BCUT2D eigenvalue weighted by Crippen LogP contribution is 2.39. The summed E-state index contributed by atoms with van der Waals surface area (Å²) in [6.45, 7) is 0.440. The molecule has 0 radical (unpaired) electrons. The molecule has 0 spiro atoms. The van der Waals surface area contributed by atoms with E-state index < -0.39 is 0 Å². The molecule has 0 bridgehead atoms. The van der Waals surface area contributed by atoms with Crippen molar-refractivity contribution in [2.45, 2.75) is 25.8 Å². The number of carbonyl (C=O) groups excluding carboxylic acids is 1. The summed E-state index contributed by atoms with van der Waals surface area (Å²) < 4.78 is 13.8. The molecule has 1 atom stereocenters. The molecule has 2 aromatic carbocycles. The summed E-state index contributed by atoms with van der Waals surface area (Å²) in [6.07, 6.45) is 2.68. The zero-order chi connectivity index (χ0) is 15.8. The quantitative estimate of drug-likeness (QED) is 0.816. The topological polar surface area (TPSA) is 32.7 Å². The Labute approximate surface area is 134 Å². The standard InChI is InChI=1S/C19H17FN2O/c20-14-9-10-17-18(11-14)22(12-13-5-2-1-3-6-13)19(23)15-7-4-8-16(15)21-17/h1-3,5-6,9-11,15H,4,7-8,12H2. The number of fused-ring (bicyclic) bond motifs is 2. The van der Waals surface area contributed by atoms with Gasteiger partial charge in [-0.15, -0.1) is 0 Å². The van der Waals surface area contributed by atoms with Gasteiger partial charge < -0.3 is 4.90 Å². The van der Waals surface area contributed by atoms with Gasteiger partial charge in [-0.2, -0.15) is 0 Å². The lowest BCUT2D eigenvalue weighted by molar-refractivity contribution is -0.120. The van der Waals surface area contributed by atoms with Gasteiger partial charge in [0.15, 0.2) is 0 Å². The molecule has 0 N–H and O–H groups in total. The second kappa shape index (κ2) is 5.61. The van der Waals surface area contributed by atoms with Crippen LogP contribution in [0.15, 0.2) is 53.5 Å². The third-order valence-electron chi connectivity index (χ3n) is 4.57. The monoisotopic (exact) mass is 308 g/mol. The van der Waals surface area contributed by atoms with Gasteiger partial charge in [0, 0.05) is 5.71 Å². The van der Waals surface area contributed by atoms with Crippen LogP contribution in [0.3, 0.4) is 0 Å². The first-order chi connectivity index (χ1) is 11.2. The van der Waals surface area contributed by atoms with Gasteiger partial charge in [0.25, 0.3) is 0 Å². The average molecular weight is 308 g/mol. The number of anilines is 1. The van der Waals surface area contributed by atoms with Gasteiger partial charge >= 0.3 is 0 Å². The molecule has 0 saturated heterocycles. The maximum atomic E-state index is 13.8. The van der Waals surface area contributed by atoms with E-state index in [1.165, 1.54) is 12.1 Å². The van der Waals surface area contributed by atoms with Crippen molar-refractivity contribution in [3.05, 3.63) is 59.9 Å². The zero-order valence-electron chi connectivity index (χ0n) is 12.7. The molecule has 1 fully saturated rings. The van der Waals surface area contributed by atoms with Crippen LogP contribution >= 0.6 is 0 Å². The van der Waals surface area contributed by atoms with Gasteiger partial charge in [-0.3, -0.25) is 9.79 Å². The minimum atomic E-state index is -0.345. The third-order valence-corrected chi connectivity index (χ3v) is 4.57. The Morgan fingerprint density at radius 2 is 2.00 bits per heavy atom. The number of amides is 1. The summed E-state index contributed by atoms with van der Waals surface area (Å²) in [4.78, 5) is 19.4. The summed E-state index contributed by atoms with van der Waals surface area (Å²) in [7, 11) is 0. The maximum Gasteiger partial charge on any atom is 0.236 e. The first kappa shape index (κ1) is 14.1. The molecule has 3 nitrogen and oxygen atoms in total. The van der Waals surface area contributed by atoms with Crippen LogP contribution < -0.4 is 4.90 Å². The highest BCUT2D eigenvalue weighted by atomic mass is 19.1. The molecule has 1 aliphatic carbocycles. The van der Waals surface area contributed by atoms with Crippen LogP contribution in [0.5, 0.6) is 0 Å². The van der Waals surface area contributed by atoms with Gasteiger partial charge in [0.05, 0.1) is 23.8 Å². The van der Waals surface area contributed by atoms with Gasteiger partial charge in [0.2, 0.25) is 5.91 Å². The van der Waals surface area contributed by atoms with E-state index in [4.69, 9.17) is 0 Å². The summed E-state index contributed by atoms with van der Waals surface area (Å²) in [6, 6.07) is 14.3. The van der Waals surface area contributed by atoms with Crippen molar-refractivity contribution in [2.75, 3.05) is 4.90 Å². The number of benzene rings is 2. The lowest BCUT2D eigenvalue weighted by Crippen LogP contribution is -2.36. The number of hydrogen-bond acceptors (Lipinski definition) is 2. The van der Waals surface area contributed by atoms with E-state index in [1.807, 2.05) is 30.3 Å². The van der Waals surface area contributed by atoms with Crippen molar-refractivity contribution < 1.29 is 9.18 Å². The maximum absolute atomic E-state index is 13.8. The second-order valence-electron chi connectivity index (χ2n) is 6.09. The molecule has 2 aromatic rings. The third kappa shape index (κ3) is 2.54. The minimum Gasteiger partial charge on any atom is -0.305 e. The van der Waals surface area contributed by atoms with Crippen LogP contribution in [-0.4, -0.2) is 11.6 Å². The number of nitrogens with zero attached hydrogens (tertiary/aromatic N) is 2. The molecule has 4 rings (SSSR count). The number of aliphatic imine (C=N–C) groups is 1. The van der Waals surface area contributed by atoms with Gasteiger partial charge in [-0.1, -0.05) is 30.3 Å². The second-order valence-corrected chi connectivity index (χ2v) is 6.09. The Morgan fingerprint density at radius 1 is 1.17 bits per heavy atom. The Morgan fingerprint density at radius 3 is 2.83 bits per heavy atom. The highest BCUT2D eigenvalue weighted by molar-refractivity contribution is 6.14. The molecule has 0 aromatic heterocycles. The molecule has 23 heavy (non-hydrogen) atoms. The summed E-state index contributed by atoms with van der Waals surface area (Å²) in [5, 5.41) is 0. The Kier molecular flexibility index (Phi) is 3.45. The average Bonchev–Trinajstić information content (AvgIpc) is 2.99. The van der Waals surface area contributed by atoms with E-state index >= 15 is 0 Å². The van der Waals surface area contributed by atoms with Gasteiger partial charge in [-0.05, 0) is 43.0 Å². The summed E-state index contributed by atoms with van der Waals surface area (Å²) in [5.41, 5.74) is 3.23. The predicted molar refractivity (Wildman–Crippen MR) is 88.5 cm³/mol. The Bertz CT molecular complexity index is 785. The molecular weight excluding hydrogens is 291 g/mol. The molecule has 4 heteroatoms. The highest BCUT2D eigenvalue weighted by Gasteiger charge is 2.36. The summed E-state index contributed by atoms with van der Waals surface area (Å²) >= 11 is 0. The largest absolute Gasteiger partial charge is 0.305 e. The zero-order valence-corrected chi connectivity index (χ0v) is 12.7. The lowest BCUT2D eigenvalue weighted by atomic mass is 10.0. The number of carbonyl (C=O) groups is 1. The van der Waals surface area contributed by atoms with Gasteiger partial charge in [-0.25, -0.2) is 4.39 Å². The van der Waals surface area contributed by atoms with Crippen LogP contribution in [0.1, 0.15) is 24.8 Å². The van der Waals surface area contributed by atoms with Crippen LogP contribution in [0.25, 0.3) is 0 Å². The first-order valence-electron chi connectivity index (χ1n) is 7.95. The lowest BCUT2D eigenvalue weighted by Gasteiger charge is -2.25.